The van der Waals surface area contributed by atoms with Crippen molar-refractivity contribution in [2.45, 2.75) is 38.3 Å². The van der Waals surface area contributed by atoms with Crippen molar-refractivity contribution in [3.8, 4) is 0 Å². The lowest BCUT2D eigenvalue weighted by Crippen LogP contribution is -2.11. The standard InChI is InChI=1S/C23H19F3S/c24-23(25,26)20-12-11-18-17-8-7-14-4-1-2-5-15(14)16(17)9-10-19(18)22(20)21-6-3-13-27-21/h2,5-6,9-12H,1,3-4,7-8,13H2. The molecule has 0 saturated heterocycles. The summed E-state index contributed by atoms with van der Waals surface area (Å²) in [7, 11) is 0. The van der Waals surface area contributed by atoms with Crippen LogP contribution in [0.5, 0.6) is 0 Å². The molecule has 2 aromatic rings. The molecule has 0 aromatic heterocycles. The third kappa shape index (κ3) is 2.77. The molecule has 0 amide bonds. The van der Waals surface area contributed by atoms with Crippen LogP contribution >= 0.6 is 11.8 Å². The molecule has 0 saturated carbocycles. The quantitative estimate of drug-likeness (QED) is 0.494. The zero-order valence-corrected chi connectivity index (χ0v) is 15.6. The second kappa shape index (κ2) is 6.30. The third-order valence-corrected chi connectivity index (χ3v) is 6.94. The third-order valence-electron chi connectivity index (χ3n) is 5.81. The van der Waals surface area contributed by atoms with Gasteiger partial charge in [0.15, 0.2) is 0 Å². The van der Waals surface area contributed by atoms with Crippen molar-refractivity contribution in [3.05, 3.63) is 70.3 Å². The van der Waals surface area contributed by atoms with Gasteiger partial charge in [-0.1, -0.05) is 42.0 Å². The number of alkyl halides is 3. The molecule has 0 spiro atoms. The average Bonchev–Trinajstić information content (AvgIpc) is 3.20. The Balaban J connectivity index is 1.79. The Morgan fingerprint density at radius 3 is 2.52 bits per heavy atom. The lowest BCUT2D eigenvalue weighted by atomic mass is 9.79. The minimum Gasteiger partial charge on any atom is -0.166 e. The highest BCUT2D eigenvalue weighted by Gasteiger charge is 2.36. The first-order chi connectivity index (χ1) is 13.0. The lowest BCUT2D eigenvalue weighted by molar-refractivity contribution is -0.137. The van der Waals surface area contributed by atoms with Gasteiger partial charge in [0, 0.05) is 16.2 Å². The van der Waals surface area contributed by atoms with Crippen molar-refractivity contribution in [2.24, 2.45) is 0 Å². The van der Waals surface area contributed by atoms with Crippen LogP contribution < -0.4 is 0 Å². The fraction of sp³-hybridized carbons (Fsp3) is 0.304. The van der Waals surface area contributed by atoms with E-state index in [-0.39, 0.29) is 0 Å². The van der Waals surface area contributed by atoms with Crippen LogP contribution in [-0.2, 0) is 12.6 Å². The van der Waals surface area contributed by atoms with E-state index in [0.717, 1.165) is 53.5 Å². The Morgan fingerprint density at radius 2 is 1.74 bits per heavy atom. The summed E-state index contributed by atoms with van der Waals surface area (Å²) in [6.07, 6.45) is 6.97. The molecule has 0 unspecified atom stereocenters. The van der Waals surface area contributed by atoms with Crippen molar-refractivity contribution in [1.29, 1.82) is 0 Å². The van der Waals surface area contributed by atoms with E-state index in [1.165, 1.54) is 40.1 Å². The van der Waals surface area contributed by atoms with E-state index >= 15 is 0 Å². The predicted octanol–water partition coefficient (Wildman–Crippen LogP) is 7.39. The molecule has 4 heteroatoms. The molecule has 1 aliphatic heterocycles. The highest BCUT2D eigenvalue weighted by atomic mass is 32.2. The average molecular weight is 384 g/mol. The van der Waals surface area contributed by atoms with Crippen molar-refractivity contribution < 1.29 is 13.2 Å². The molecular weight excluding hydrogens is 365 g/mol. The molecule has 2 aromatic carbocycles. The summed E-state index contributed by atoms with van der Waals surface area (Å²) in [6.45, 7) is 0. The summed E-state index contributed by atoms with van der Waals surface area (Å²) in [5.41, 5.74) is 5.06. The highest BCUT2D eigenvalue weighted by Crippen LogP contribution is 2.47. The van der Waals surface area contributed by atoms with Crippen LogP contribution in [0, 0.1) is 0 Å². The van der Waals surface area contributed by atoms with Gasteiger partial charge in [0.1, 0.15) is 0 Å². The van der Waals surface area contributed by atoms with E-state index in [0.29, 0.717) is 5.56 Å². The number of allylic oxidation sites excluding steroid dienone is 5. The molecule has 0 nitrogen and oxygen atoms in total. The van der Waals surface area contributed by atoms with Crippen LogP contribution in [0.15, 0.2) is 48.1 Å². The number of hydrogen-bond acceptors (Lipinski definition) is 1. The van der Waals surface area contributed by atoms with Gasteiger partial charge in [-0.05, 0) is 65.6 Å². The number of thioether (sulfide) groups is 1. The van der Waals surface area contributed by atoms with E-state index in [1.807, 2.05) is 18.2 Å². The monoisotopic (exact) mass is 384 g/mol. The van der Waals surface area contributed by atoms with Gasteiger partial charge in [0.2, 0.25) is 0 Å². The van der Waals surface area contributed by atoms with Crippen LogP contribution in [0.4, 0.5) is 13.2 Å². The van der Waals surface area contributed by atoms with Crippen LogP contribution in [0.1, 0.15) is 47.9 Å². The first-order valence-electron chi connectivity index (χ1n) is 9.42. The first kappa shape index (κ1) is 17.2. The van der Waals surface area contributed by atoms with Gasteiger partial charge >= 0.3 is 6.18 Å². The summed E-state index contributed by atoms with van der Waals surface area (Å²) >= 11 is 1.54. The number of hydrogen-bond donors (Lipinski definition) is 0. The van der Waals surface area contributed by atoms with E-state index in [2.05, 4.69) is 12.2 Å². The number of aryl methyl sites for hydroxylation is 1. The van der Waals surface area contributed by atoms with Gasteiger partial charge in [0.25, 0.3) is 0 Å². The Morgan fingerprint density at radius 1 is 0.889 bits per heavy atom. The Labute approximate surface area is 160 Å². The van der Waals surface area contributed by atoms with E-state index in [1.54, 1.807) is 6.07 Å². The maximum atomic E-state index is 13.7. The topological polar surface area (TPSA) is 0 Å². The summed E-state index contributed by atoms with van der Waals surface area (Å²) < 4.78 is 41.2. The van der Waals surface area contributed by atoms with Gasteiger partial charge in [-0.3, -0.25) is 0 Å². The summed E-state index contributed by atoms with van der Waals surface area (Å²) in [5, 5.41) is 1.72. The molecule has 0 fully saturated rings. The van der Waals surface area contributed by atoms with Gasteiger partial charge in [0.05, 0.1) is 5.56 Å². The van der Waals surface area contributed by atoms with Crippen LogP contribution in [-0.4, -0.2) is 5.75 Å². The number of fused-ring (bicyclic) bond motifs is 4. The van der Waals surface area contributed by atoms with Crippen LogP contribution in [0.25, 0.3) is 21.3 Å². The summed E-state index contributed by atoms with van der Waals surface area (Å²) in [4.78, 5) is 0.779. The van der Waals surface area contributed by atoms with Crippen molar-refractivity contribution in [1.82, 2.24) is 0 Å². The molecular formula is C23H19F3S. The van der Waals surface area contributed by atoms with Crippen molar-refractivity contribution >= 4 is 33.0 Å². The number of halogens is 3. The second-order valence-electron chi connectivity index (χ2n) is 7.34. The molecule has 138 valence electrons. The maximum Gasteiger partial charge on any atom is 0.417 e. The predicted molar refractivity (Wildman–Crippen MR) is 108 cm³/mol. The van der Waals surface area contributed by atoms with Gasteiger partial charge in [-0.2, -0.15) is 13.2 Å². The number of rotatable bonds is 1. The SMILES string of the molecule is FC(F)(F)c1ccc2c3c(ccc2c1C1=CCCS1)C1=C(CCC=C1)CC3. The Bertz CT molecular complexity index is 1040. The molecule has 0 atom stereocenters. The molecule has 27 heavy (non-hydrogen) atoms. The van der Waals surface area contributed by atoms with E-state index in [9.17, 15) is 13.2 Å². The van der Waals surface area contributed by atoms with Crippen molar-refractivity contribution in [3.63, 3.8) is 0 Å². The molecule has 0 N–H and O–H groups in total. The molecule has 5 rings (SSSR count). The number of benzene rings is 2. The summed E-state index contributed by atoms with van der Waals surface area (Å²) in [6, 6.07) is 6.94. The van der Waals surface area contributed by atoms with Gasteiger partial charge in [-0.25, -0.2) is 0 Å². The second-order valence-corrected chi connectivity index (χ2v) is 8.47. The maximum absolute atomic E-state index is 13.7. The Kier molecular flexibility index (Phi) is 4.01. The fourth-order valence-electron chi connectivity index (χ4n) is 4.61. The highest BCUT2D eigenvalue weighted by molar-refractivity contribution is 8.08. The normalized spacial score (nSPS) is 19.3. The molecule has 2 aliphatic carbocycles. The largest absolute Gasteiger partial charge is 0.417 e. The molecule has 0 bridgehead atoms. The van der Waals surface area contributed by atoms with Gasteiger partial charge < -0.3 is 0 Å². The minimum atomic E-state index is -4.34. The Hall–Kier alpha value is -1.94. The fourth-order valence-corrected chi connectivity index (χ4v) is 5.67. The zero-order valence-electron chi connectivity index (χ0n) is 14.8. The minimum absolute atomic E-state index is 0.379. The lowest BCUT2D eigenvalue weighted by Gasteiger charge is -2.26. The zero-order chi connectivity index (χ0) is 18.6. The van der Waals surface area contributed by atoms with Crippen LogP contribution in [0.3, 0.4) is 0 Å². The summed E-state index contributed by atoms with van der Waals surface area (Å²) in [5.74, 6) is 0.856. The van der Waals surface area contributed by atoms with E-state index in [4.69, 9.17) is 0 Å². The first-order valence-corrected chi connectivity index (χ1v) is 10.4. The van der Waals surface area contributed by atoms with Gasteiger partial charge in [-0.15, -0.1) is 11.8 Å². The smallest absolute Gasteiger partial charge is 0.166 e. The molecule has 0 radical (unpaired) electrons. The van der Waals surface area contributed by atoms with E-state index < -0.39 is 11.7 Å². The molecule has 3 aliphatic rings. The van der Waals surface area contributed by atoms with Crippen molar-refractivity contribution in [2.75, 3.05) is 5.75 Å². The molecule has 1 heterocycles. The van der Waals surface area contributed by atoms with Crippen LogP contribution in [0.2, 0.25) is 0 Å².